The number of thiazole rings is 1. The lowest BCUT2D eigenvalue weighted by molar-refractivity contribution is 0.0658. The molecule has 0 spiro atoms. The second-order valence-corrected chi connectivity index (χ2v) is 5.48. The fourth-order valence-electron chi connectivity index (χ4n) is 1.72. The van der Waals surface area contributed by atoms with Gasteiger partial charge in [0.25, 0.3) is 5.91 Å². The van der Waals surface area contributed by atoms with Crippen LogP contribution in [0.4, 0.5) is 0 Å². The van der Waals surface area contributed by atoms with Crippen LogP contribution in [0.2, 0.25) is 0 Å². The first-order valence-electron chi connectivity index (χ1n) is 6.01. The van der Waals surface area contributed by atoms with E-state index < -0.39 is 0 Å². The molecule has 1 saturated heterocycles. The van der Waals surface area contributed by atoms with Crippen LogP contribution < -0.4 is 11.2 Å². The van der Waals surface area contributed by atoms with E-state index in [1.165, 1.54) is 11.3 Å². The van der Waals surface area contributed by atoms with Crippen LogP contribution in [0, 0.1) is 0 Å². The van der Waals surface area contributed by atoms with Crippen LogP contribution in [0.1, 0.15) is 28.5 Å². The van der Waals surface area contributed by atoms with Gasteiger partial charge in [-0.05, 0) is 14.0 Å². The number of rotatable bonds is 3. The third kappa shape index (κ3) is 3.26. The molecule has 2 rings (SSSR count). The van der Waals surface area contributed by atoms with E-state index in [-0.39, 0.29) is 11.9 Å². The molecule has 1 aromatic rings. The van der Waals surface area contributed by atoms with E-state index in [2.05, 4.69) is 22.4 Å². The normalized spacial score (nSPS) is 19.7. The number of nitrogens with one attached hydrogen (secondary N) is 1. The summed E-state index contributed by atoms with van der Waals surface area (Å²) < 4.78 is 0. The molecular weight excluding hydrogens is 250 g/mol. The zero-order valence-electron chi connectivity index (χ0n) is 10.7. The van der Waals surface area contributed by atoms with E-state index in [0.29, 0.717) is 5.69 Å². The minimum atomic E-state index is -0.150. The topological polar surface area (TPSA) is 74.5 Å². The molecule has 18 heavy (non-hydrogen) atoms. The summed E-state index contributed by atoms with van der Waals surface area (Å²) in [5.74, 6) is -0.150. The lowest BCUT2D eigenvalue weighted by atomic mass is 10.4. The highest BCUT2D eigenvalue weighted by molar-refractivity contribution is 7.09. The quantitative estimate of drug-likeness (QED) is 0.811. The average molecular weight is 269 g/mol. The number of hydrogen-bond donors (Lipinski definition) is 2. The number of nitrogens with two attached hydrogens (primary N) is 1. The molecule has 3 N–H and O–H groups in total. The van der Waals surface area contributed by atoms with Gasteiger partial charge in [0, 0.05) is 31.6 Å². The van der Waals surface area contributed by atoms with Gasteiger partial charge >= 0.3 is 0 Å². The number of likely N-dealkylation sites (N-methyl/N-ethyl adjacent to an activating group) is 1. The number of nitrogens with zero attached hydrogens (tertiary/aromatic N) is 3. The molecule has 1 aromatic heterocycles. The van der Waals surface area contributed by atoms with Gasteiger partial charge in [-0.1, -0.05) is 0 Å². The van der Waals surface area contributed by atoms with Gasteiger partial charge in [0.15, 0.2) is 0 Å². The monoisotopic (exact) mass is 269 g/mol. The summed E-state index contributed by atoms with van der Waals surface area (Å²) >= 11 is 1.42. The average Bonchev–Trinajstić information content (AvgIpc) is 2.81. The van der Waals surface area contributed by atoms with Gasteiger partial charge in [0.1, 0.15) is 10.7 Å². The molecule has 1 unspecified atom stereocenters. The summed E-state index contributed by atoms with van der Waals surface area (Å²) in [6, 6.07) is -0.125. The smallest absolute Gasteiger partial charge is 0.285 e. The van der Waals surface area contributed by atoms with Crippen LogP contribution in [0.25, 0.3) is 0 Å². The number of piperazine rings is 1. The van der Waals surface area contributed by atoms with Crippen molar-refractivity contribution < 1.29 is 4.79 Å². The van der Waals surface area contributed by atoms with E-state index in [1.54, 1.807) is 5.38 Å². The summed E-state index contributed by atoms with van der Waals surface area (Å²) in [4.78, 5) is 18.4. The number of hydrogen-bond acceptors (Lipinski definition) is 6. The molecule has 2 heterocycles. The fraction of sp³-hybridized carbons (Fsp3) is 0.636. The van der Waals surface area contributed by atoms with Crippen molar-refractivity contribution in [3.63, 3.8) is 0 Å². The second kappa shape index (κ2) is 5.75. The number of carbonyl (C=O) groups is 1. The minimum Gasteiger partial charge on any atom is -0.322 e. The zero-order chi connectivity index (χ0) is 13.1. The predicted octanol–water partition coefficient (Wildman–Crippen LogP) is 0.0550. The van der Waals surface area contributed by atoms with Crippen molar-refractivity contribution in [3.8, 4) is 0 Å². The molecule has 1 amide bonds. The number of hydrazine groups is 1. The minimum absolute atomic E-state index is 0.125. The third-order valence-corrected chi connectivity index (χ3v) is 3.95. The summed E-state index contributed by atoms with van der Waals surface area (Å²) in [6.07, 6.45) is 0. The fourth-order valence-corrected chi connectivity index (χ4v) is 2.48. The Morgan fingerprint density at radius 3 is 2.72 bits per heavy atom. The predicted molar refractivity (Wildman–Crippen MR) is 71.3 cm³/mol. The van der Waals surface area contributed by atoms with Gasteiger partial charge in [0.2, 0.25) is 0 Å². The highest BCUT2D eigenvalue weighted by Crippen LogP contribution is 2.15. The van der Waals surface area contributed by atoms with Crippen molar-refractivity contribution in [2.45, 2.75) is 13.0 Å². The molecule has 0 radical (unpaired) electrons. The van der Waals surface area contributed by atoms with Crippen molar-refractivity contribution in [3.05, 3.63) is 16.1 Å². The zero-order valence-corrected chi connectivity index (χ0v) is 11.5. The molecule has 1 atom stereocenters. The second-order valence-electron chi connectivity index (χ2n) is 4.59. The maximum Gasteiger partial charge on any atom is 0.285 e. The number of amides is 1. The van der Waals surface area contributed by atoms with Gasteiger partial charge in [-0.15, -0.1) is 11.3 Å². The van der Waals surface area contributed by atoms with Crippen LogP contribution >= 0.6 is 11.3 Å². The van der Waals surface area contributed by atoms with Crippen LogP contribution in [0.5, 0.6) is 0 Å². The Morgan fingerprint density at radius 1 is 1.50 bits per heavy atom. The Morgan fingerprint density at radius 2 is 2.17 bits per heavy atom. The largest absolute Gasteiger partial charge is 0.322 e. The highest BCUT2D eigenvalue weighted by Gasteiger charge is 2.18. The van der Waals surface area contributed by atoms with Gasteiger partial charge in [-0.25, -0.2) is 9.99 Å². The SMILES string of the molecule is CC(N)c1nc(C(=O)NN2CCN(C)CC2)cs1. The third-order valence-electron chi connectivity index (χ3n) is 2.91. The van der Waals surface area contributed by atoms with E-state index in [0.717, 1.165) is 31.2 Å². The molecule has 0 aliphatic carbocycles. The highest BCUT2D eigenvalue weighted by atomic mass is 32.1. The first kappa shape index (κ1) is 13.4. The molecule has 0 bridgehead atoms. The summed E-state index contributed by atoms with van der Waals surface area (Å²) in [5.41, 5.74) is 9.06. The van der Waals surface area contributed by atoms with Crippen LogP contribution in [0.3, 0.4) is 0 Å². The Labute approximate surface area is 111 Å². The van der Waals surface area contributed by atoms with Crippen LogP contribution in [-0.4, -0.2) is 54.0 Å². The summed E-state index contributed by atoms with van der Waals surface area (Å²) in [7, 11) is 2.08. The van der Waals surface area contributed by atoms with Gasteiger partial charge in [-0.3, -0.25) is 10.2 Å². The first-order valence-corrected chi connectivity index (χ1v) is 6.89. The summed E-state index contributed by atoms with van der Waals surface area (Å²) in [5, 5.41) is 4.48. The van der Waals surface area contributed by atoms with Crippen LogP contribution in [-0.2, 0) is 0 Å². The van der Waals surface area contributed by atoms with E-state index in [9.17, 15) is 4.79 Å². The Kier molecular flexibility index (Phi) is 4.28. The molecule has 6 nitrogen and oxygen atoms in total. The van der Waals surface area contributed by atoms with Crippen LogP contribution in [0.15, 0.2) is 5.38 Å². The molecule has 1 aliphatic rings. The van der Waals surface area contributed by atoms with Gasteiger partial charge in [-0.2, -0.15) is 0 Å². The molecule has 0 saturated carbocycles. The Bertz CT molecular complexity index is 411. The number of carbonyl (C=O) groups excluding carboxylic acids is 1. The van der Waals surface area contributed by atoms with Gasteiger partial charge < -0.3 is 10.6 Å². The molecule has 1 aliphatic heterocycles. The maximum absolute atomic E-state index is 12.0. The number of aromatic nitrogens is 1. The van der Waals surface area contributed by atoms with E-state index in [1.807, 2.05) is 11.9 Å². The van der Waals surface area contributed by atoms with E-state index in [4.69, 9.17) is 5.73 Å². The van der Waals surface area contributed by atoms with Gasteiger partial charge in [0.05, 0.1) is 6.04 Å². The molecular formula is C11H19N5OS. The van der Waals surface area contributed by atoms with Crippen molar-refractivity contribution in [2.24, 2.45) is 5.73 Å². The first-order chi connectivity index (χ1) is 8.56. The summed E-state index contributed by atoms with van der Waals surface area (Å²) in [6.45, 7) is 5.46. The molecule has 7 heteroatoms. The standard InChI is InChI=1S/C11H19N5OS/c1-8(12)11-13-9(7-18-11)10(17)14-16-5-3-15(2)4-6-16/h7-8H,3-6,12H2,1-2H3,(H,14,17). The molecule has 1 fully saturated rings. The maximum atomic E-state index is 12.0. The molecule has 100 valence electrons. The van der Waals surface area contributed by atoms with Crippen molar-refractivity contribution in [2.75, 3.05) is 33.2 Å². The Hall–Kier alpha value is -1.02. The lowest BCUT2D eigenvalue weighted by Crippen LogP contribution is -2.52. The molecule has 0 aromatic carbocycles. The van der Waals surface area contributed by atoms with Crippen molar-refractivity contribution >= 4 is 17.2 Å². The Balaban J connectivity index is 1.91. The van der Waals surface area contributed by atoms with Crippen molar-refractivity contribution in [1.29, 1.82) is 0 Å². The lowest BCUT2D eigenvalue weighted by Gasteiger charge is -2.32. The van der Waals surface area contributed by atoms with E-state index >= 15 is 0 Å². The van der Waals surface area contributed by atoms with Crippen molar-refractivity contribution in [1.82, 2.24) is 20.3 Å².